The van der Waals surface area contributed by atoms with Crippen molar-refractivity contribution in [3.8, 4) is 6.07 Å². The zero-order chi connectivity index (χ0) is 11.5. The summed E-state index contributed by atoms with van der Waals surface area (Å²) in [6.07, 6.45) is -4.80. The highest BCUT2D eigenvalue weighted by molar-refractivity contribution is 5.85. The Morgan fingerprint density at radius 1 is 1.31 bits per heavy atom. The Hall–Kier alpha value is -1.25. The van der Waals surface area contributed by atoms with E-state index in [1.54, 1.807) is 12.1 Å². The molecule has 0 aliphatic heterocycles. The number of alkyl halides is 3. The van der Waals surface area contributed by atoms with Gasteiger partial charge in [0.15, 0.2) is 0 Å². The van der Waals surface area contributed by atoms with Crippen LogP contribution in [0.15, 0.2) is 24.3 Å². The molecular weight excluding hydrogens is 241 g/mol. The summed E-state index contributed by atoms with van der Waals surface area (Å²) < 4.78 is 36.5. The predicted molar refractivity (Wildman–Crippen MR) is 56.1 cm³/mol. The minimum atomic E-state index is -4.43. The first-order chi connectivity index (χ1) is 6.95. The average Bonchev–Trinajstić information content (AvgIpc) is 2.17. The minimum absolute atomic E-state index is 0. The minimum Gasteiger partial charge on any atom is -0.320 e. The van der Waals surface area contributed by atoms with Gasteiger partial charge in [0.25, 0.3) is 0 Å². The van der Waals surface area contributed by atoms with Crippen LogP contribution in [0.25, 0.3) is 0 Å². The quantitative estimate of drug-likeness (QED) is 0.876. The SMILES string of the molecule is Cl.N#Cc1ccccc1CC(N)C(F)(F)F. The van der Waals surface area contributed by atoms with Crippen LogP contribution < -0.4 is 5.73 Å². The summed E-state index contributed by atoms with van der Waals surface area (Å²) in [5, 5.41) is 8.66. The van der Waals surface area contributed by atoms with E-state index in [0.717, 1.165) is 0 Å². The number of benzene rings is 1. The lowest BCUT2D eigenvalue weighted by Gasteiger charge is -2.15. The molecule has 0 heterocycles. The molecule has 0 saturated carbocycles. The van der Waals surface area contributed by atoms with Gasteiger partial charge in [-0.3, -0.25) is 0 Å². The van der Waals surface area contributed by atoms with Gasteiger partial charge in [-0.05, 0) is 18.1 Å². The number of hydrogen-bond acceptors (Lipinski definition) is 2. The largest absolute Gasteiger partial charge is 0.403 e. The van der Waals surface area contributed by atoms with E-state index in [9.17, 15) is 13.2 Å². The lowest BCUT2D eigenvalue weighted by atomic mass is 10.0. The standard InChI is InChI=1S/C10H9F3N2.ClH/c11-10(12,13)9(15)5-7-3-1-2-4-8(7)6-14;/h1-4,9H,5,15H2;1H. The normalized spacial score (nSPS) is 12.4. The molecule has 0 amide bonds. The molecule has 88 valence electrons. The first-order valence-corrected chi connectivity index (χ1v) is 4.25. The maximum Gasteiger partial charge on any atom is 0.403 e. The zero-order valence-electron chi connectivity index (χ0n) is 8.16. The van der Waals surface area contributed by atoms with E-state index < -0.39 is 12.2 Å². The molecule has 2 N–H and O–H groups in total. The Morgan fingerprint density at radius 3 is 2.38 bits per heavy atom. The zero-order valence-corrected chi connectivity index (χ0v) is 8.98. The van der Waals surface area contributed by atoms with Gasteiger partial charge in [0.1, 0.15) is 6.04 Å². The smallest absolute Gasteiger partial charge is 0.320 e. The van der Waals surface area contributed by atoms with Gasteiger partial charge >= 0.3 is 6.18 Å². The van der Waals surface area contributed by atoms with Gasteiger partial charge in [-0.1, -0.05) is 18.2 Å². The van der Waals surface area contributed by atoms with Crippen molar-refractivity contribution < 1.29 is 13.2 Å². The van der Waals surface area contributed by atoms with Crippen molar-refractivity contribution in [2.75, 3.05) is 0 Å². The van der Waals surface area contributed by atoms with E-state index in [2.05, 4.69) is 0 Å². The predicted octanol–water partition coefficient (Wildman–Crippen LogP) is 2.41. The summed E-state index contributed by atoms with van der Waals surface area (Å²) in [5.41, 5.74) is 5.53. The third kappa shape index (κ3) is 3.72. The topological polar surface area (TPSA) is 49.8 Å². The van der Waals surface area contributed by atoms with Gasteiger partial charge in [-0.25, -0.2) is 0 Å². The molecule has 1 aromatic carbocycles. The van der Waals surface area contributed by atoms with Crippen LogP contribution in [0.5, 0.6) is 0 Å². The summed E-state index contributed by atoms with van der Waals surface area (Å²) in [7, 11) is 0. The van der Waals surface area contributed by atoms with Crippen molar-refractivity contribution in [3.63, 3.8) is 0 Å². The molecule has 1 aromatic rings. The van der Waals surface area contributed by atoms with E-state index in [0.29, 0.717) is 5.56 Å². The molecule has 0 bridgehead atoms. The van der Waals surface area contributed by atoms with E-state index >= 15 is 0 Å². The second-order valence-electron chi connectivity index (χ2n) is 3.12. The fourth-order valence-corrected chi connectivity index (χ4v) is 1.16. The molecule has 6 heteroatoms. The van der Waals surface area contributed by atoms with Crippen LogP contribution in [0.3, 0.4) is 0 Å². The first kappa shape index (κ1) is 14.8. The third-order valence-corrected chi connectivity index (χ3v) is 2.00. The Bertz CT molecular complexity index is 384. The Kier molecular flexibility index (Phi) is 5.28. The Balaban J connectivity index is 0.00000225. The lowest BCUT2D eigenvalue weighted by molar-refractivity contribution is -0.147. The first-order valence-electron chi connectivity index (χ1n) is 4.25. The lowest BCUT2D eigenvalue weighted by Crippen LogP contribution is -2.39. The molecule has 0 aliphatic rings. The maximum atomic E-state index is 12.2. The van der Waals surface area contributed by atoms with Gasteiger partial charge in [-0.15, -0.1) is 12.4 Å². The number of nitrogens with two attached hydrogens (primary N) is 1. The van der Waals surface area contributed by atoms with Crippen molar-refractivity contribution in [1.82, 2.24) is 0 Å². The van der Waals surface area contributed by atoms with Crippen LogP contribution in [-0.4, -0.2) is 12.2 Å². The van der Waals surface area contributed by atoms with E-state index in [4.69, 9.17) is 11.0 Å². The van der Waals surface area contributed by atoms with Crippen molar-refractivity contribution in [1.29, 1.82) is 5.26 Å². The van der Waals surface area contributed by atoms with E-state index in [1.165, 1.54) is 12.1 Å². The highest BCUT2D eigenvalue weighted by Crippen LogP contribution is 2.22. The Morgan fingerprint density at radius 2 is 1.88 bits per heavy atom. The van der Waals surface area contributed by atoms with Crippen LogP contribution in [0.1, 0.15) is 11.1 Å². The summed E-state index contributed by atoms with van der Waals surface area (Å²) in [6.45, 7) is 0. The molecule has 0 aromatic heterocycles. The highest BCUT2D eigenvalue weighted by atomic mass is 35.5. The molecule has 1 unspecified atom stereocenters. The molecule has 1 rings (SSSR count). The molecule has 2 nitrogen and oxygen atoms in total. The van der Waals surface area contributed by atoms with Crippen molar-refractivity contribution in [2.45, 2.75) is 18.6 Å². The van der Waals surface area contributed by atoms with Gasteiger partial charge in [0, 0.05) is 0 Å². The number of halogens is 4. The van der Waals surface area contributed by atoms with Crippen LogP contribution in [0.4, 0.5) is 13.2 Å². The molecular formula is C10H10ClF3N2. The monoisotopic (exact) mass is 250 g/mol. The van der Waals surface area contributed by atoms with Crippen molar-refractivity contribution in [2.24, 2.45) is 5.73 Å². The second-order valence-corrected chi connectivity index (χ2v) is 3.12. The molecule has 0 radical (unpaired) electrons. The molecule has 0 spiro atoms. The maximum absolute atomic E-state index is 12.2. The van der Waals surface area contributed by atoms with Crippen LogP contribution in [-0.2, 0) is 6.42 Å². The van der Waals surface area contributed by atoms with Crippen molar-refractivity contribution in [3.05, 3.63) is 35.4 Å². The highest BCUT2D eigenvalue weighted by Gasteiger charge is 2.36. The van der Waals surface area contributed by atoms with Crippen molar-refractivity contribution >= 4 is 12.4 Å². The number of nitriles is 1. The summed E-state index contributed by atoms with van der Waals surface area (Å²) in [4.78, 5) is 0. The van der Waals surface area contributed by atoms with Crippen LogP contribution >= 0.6 is 12.4 Å². The summed E-state index contributed by atoms with van der Waals surface area (Å²) in [6, 6.07) is 6.03. The number of hydrogen-bond donors (Lipinski definition) is 1. The number of rotatable bonds is 2. The summed E-state index contributed by atoms with van der Waals surface area (Å²) in [5.74, 6) is 0. The van der Waals surface area contributed by atoms with Gasteiger partial charge in [0.05, 0.1) is 11.6 Å². The fourth-order valence-electron chi connectivity index (χ4n) is 1.16. The van der Waals surface area contributed by atoms with E-state index in [-0.39, 0.29) is 24.4 Å². The van der Waals surface area contributed by atoms with Gasteiger partial charge < -0.3 is 5.73 Å². The van der Waals surface area contributed by atoms with Crippen LogP contribution in [0.2, 0.25) is 0 Å². The van der Waals surface area contributed by atoms with E-state index in [1.807, 2.05) is 6.07 Å². The van der Waals surface area contributed by atoms with Gasteiger partial charge in [-0.2, -0.15) is 18.4 Å². The molecule has 1 atom stereocenters. The molecule has 0 aliphatic carbocycles. The van der Waals surface area contributed by atoms with Crippen LogP contribution in [0, 0.1) is 11.3 Å². The Labute approximate surface area is 97.3 Å². The fraction of sp³-hybridized carbons (Fsp3) is 0.300. The second kappa shape index (κ2) is 5.73. The van der Waals surface area contributed by atoms with Gasteiger partial charge in [0.2, 0.25) is 0 Å². The average molecular weight is 251 g/mol. The summed E-state index contributed by atoms with van der Waals surface area (Å²) >= 11 is 0. The third-order valence-electron chi connectivity index (χ3n) is 2.00. The number of nitrogens with zero attached hydrogens (tertiary/aromatic N) is 1. The molecule has 0 fully saturated rings. The molecule has 0 saturated heterocycles. The molecule has 16 heavy (non-hydrogen) atoms.